The number of nitrogens with zero attached hydrogens (tertiary/aromatic N) is 2. The first-order valence-electron chi connectivity index (χ1n) is 11.4. The molecule has 2 saturated heterocycles. The average molecular weight is 476 g/mol. The Hall–Kier alpha value is -3.30. The summed E-state index contributed by atoms with van der Waals surface area (Å²) >= 11 is 0. The molecule has 3 rings (SSSR count). The van der Waals surface area contributed by atoms with Gasteiger partial charge in [-0.2, -0.15) is 0 Å². The van der Waals surface area contributed by atoms with Gasteiger partial charge in [-0.05, 0) is 39.2 Å². The fraction of sp³-hybridized carbons (Fsp3) is 0.583. The summed E-state index contributed by atoms with van der Waals surface area (Å²) in [5.41, 5.74) is 0.183. The second-order valence-electron chi connectivity index (χ2n) is 9.49. The number of esters is 1. The molecule has 2 unspecified atom stereocenters. The number of piperidine rings is 1. The van der Waals surface area contributed by atoms with Gasteiger partial charge < -0.3 is 29.3 Å². The van der Waals surface area contributed by atoms with Gasteiger partial charge in [0.15, 0.2) is 0 Å². The zero-order valence-electron chi connectivity index (χ0n) is 20.1. The minimum absolute atomic E-state index is 0.0905. The van der Waals surface area contributed by atoms with Gasteiger partial charge in [0.1, 0.15) is 18.2 Å². The first kappa shape index (κ1) is 25.3. The largest absolute Gasteiger partial charge is 0.469 e. The maximum absolute atomic E-state index is 13.1. The zero-order valence-corrected chi connectivity index (χ0v) is 20.1. The molecule has 186 valence electrons. The van der Waals surface area contributed by atoms with Crippen LogP contribution < -0.4 is 5.32 Å². The van der Waals surface area contributed by atoms with Crippen LogP contribution in [-0.2, 0) is 30.4 Å². The number of carbonyl (C=O) groups is 4. The van der Waals surface area contributed by atoms with Crippen LogP contribution in [0.15, 0.2) is 30.3 Å². The quantitative estimate of drug-likeness (QED) is 0.513. The lowest BCUT2D eigenvalue weighted by atomic mass is 9.91. The third-order valence-electron chi connectivity index (χ3n) is 5.88. The Balaban J connectivity index is 1.59. The van der Waals surface area contributed by atoms with Gasteiger partial charge in [-0.15, -0.1) is 0 Å². The van der Waals surface area contributed by atoms with E-state index in [4.69, 9.17) is 14.2 Å². The summed E-state index contributed by atoms with van der Waals surface area (Å²) in [7, 11) is 1.28. The lowest BCUT2D eigenvalue weighted by molar-refractivity contribution is -0.152. The van der Waals surface area contributed by atoms with E-state index in [2.05, 4.69) is 5.32 Å². The molecule has 2 heterocycles. The van der Waals surface area contributed by atoms with E-state index in [1.54, 1.807) is 25.7 Å². The highest BCUT2D eigenvalue weighted by molar-refractivity contribution is 5.88. The molecule has 2 aliphatic rings. The maximum atomic E-state index is 13.1. The molecule has 0 aromatic heterocycles. The van der Waals surface area contributed by atoms with Crippen LogP contribution >= 0.6 is 0 Å². The second-order valence-corrected chi connectivity index (χ2v) is 9.49. The first-order valence-corrected chi connectivity index (χ1v) is 11.4. The highest BCUT2D eigenvalue weighted by atomic mass is 16.6. The topological polar surface area (TPSA) is 114 Å². The first-order chi connectivity index (χ1) is 16.1. The molecule has 3 amide bonds. The summed E-state index contributed by atoms with van der Waals surface area (Å²) in [6.07, 6.45) is -0.378. The number of alkyl carbamates (subject to hydrolysis) is 1. The van der Waals surface area contributed by atoms with Crippen LogP contribution in [0.2, 0.25) is 0 Å². The summed E-state index contributed by atoms with van der Waals surface area (Å²) in [5, 5.41) is 2.63. The van der Waals surface area contributed by atoms with Crippen molar-refractivity contribution in [3.8, 4) is 0 Å². The van der Waals surface area contributed by atoms with Crippen molar-refractivity contribution in [1.29, 1.82) is 0 Å². The number of carbonyl (C=O) groups excluding carboxylic acids is 4. The van der Waals surface area contributed by atoms with Crippen molar-refractivity contribution < 1.29 is 33.4 Å². The highest BCUT2D eigenvalue weighted by Crippen LogP contribution is 2.28. The van der Waals surface area contributed by atoms with E-state index >= 15 is 0 Å². The average Bonchev–Trinajstić information content (AvgIpc) is 3.16. The SMILES string of the molecule is COC(=O)C1CN(C(=O)OC(C)(C)C)CCC1N1CC[C@H](NC(=O)OCc2ccccc2)C1=O. The molecular weight excluding hydrogens is 442 g/mol. The van der Waals surface area contributed by atoms with Gasteiger partial charge in [0.05, 0.1) is 13.0 Å². The fourth-order valence-corrected chi connectivity index (χ4v) is 4.26. The monoisotopic (exact) mass is 475 g/mol. The van der Waals surface area contributed by atoms with E-state index in [1.165, 1.54) is 12.0 Å². The second kappa shape index (κ2) is 10.8. The summed E-state index contributed by atoms with van der Waals surface area (Å²) in [6.45, 7) is 6.24. The number of amides is 3. The van der Waals surface area contributed by atoms with Crippen LogP contribution in [0, 0.1) is 5.92 Å². The van der Waals surface area contributed by atoms with Crippen LogP contribution in [0.4, 0.5) is 9.59 Å². The minimum atomic E-state index is -0.731. The number of likely N-dealkylation sites (tertiary alicyclic amines) is 2. The molecule has 10 nitrogen and oxygen atoms in total. The summed E-state index contributed by atoms with van der Waals surface area (Å²) < 4.78 is 15.6. The molecule has 1 aromatic rings. The summed E-state index contributed by atoms with van der Waals surface area (Å²) in [5.74, 6) is -1.48. The Kier molecular flexibility index (Phi) is 8.01. The molecule has 34 heavy (non-hydrogen) atoms. The molecule has 0 saturated carbocycles. The molecular formula is C24H33N3O7. The number of rotatable bonds is 5. The van der Waals surface area contributed by atoms with E-state index in [0.717, 1.165) is 5.56 Å². The van der Waals surface area contributed by atoms with Crippen LogP contribution in [0.5, 0.6) is 0 Å². The number of nitrogens with one attached hydrogen (secondary N) is 1. The maximum Gasteiger partial charge on any atom is 0.410 e. The van der Waals surface area contributed by atoms with E-state index in [0.29, 0.717) is 25.9 Å². The van der Waals surface area contributed by atoms with Crippen LogP contribution in [-0.4, -0.2) is 78.3 Å². The zero-order chi connectivity index (χ0) is 24.9. The Labute approximate surface area is 199 Å². The molecule has 0 bridgehead atoms. The van der Waals surface area contributed by atoms with E-state index in [9.17, 15) is 19.2 Å². The Morgan fingerprint density at radius 2 is 1.79 bits per heavy atom. The van der Waals surface area contributed by atoms with Crippen molar-refractivity contribution in [2.45, 2.75) is 57.9 Å². The normalized spacial score (nSPS) is 22.8. The molecule has 0 radical (unpaired) electrons. The number of ether oxygens (including phenoxy) is 3. The van der Waals surface area contributed by atoms with Gasteiger partial charge in [-0.25, -0.2) is 9.59 Å². The smallest absolute Gasteiger partial charge is 0.410 e. The number of hydrogen-bond acceptors (Lipinski definition) is 7. The van der Waals surface area contributed by atoms with Crippen LogP contribution in [0.3, 0.4) is 0 Å². The molecule has 1 aromatic carbocycles. The van der Waals surface area contributed by atoms with E-state index in [-0.39, 0.29) is 19.1 Å². The number of methoxy groups -OCH3 is 1. The number of benzene rings is 1. The fourth-order valence-electron chi connectivity index (χ4n) is 4.26. The van der Waals surface area contributed by atoms with Crippen molar-refractivity contribution in [2.75, 3.05) is 26.7 Å². The van der Waals surface area contributed by atoms with Crippen molar-refractivity contribution in [1.82, 2.24) is 15.1 Å². The molecule has 1 N–H and O–H groups in total. The van der Waals surface area contributed by atoms with Gasteiger partial charge >= 0.3 is 18.2 Å². The van der Waals surface area contributed by atoms with Gasteiger partial charge in [-0.1, -0.05) is 30.3 Å². The molecule has 10 heteroatoms. The summed E-state index contributed by atoms with van der Waals surface area (Å²) in [6, 6.07) is 8.08. The lowest BCUT2D eigenvalue weighted by Crippen LogP contribution is -2.57. The third kappa shape index (κ3) is 6.39. The van der Waals surface area contributed by atoms with Gasteiger partial charge in [0.25, 0.3) is 0 Å². The third-order valence-corrected chi connectivity index (χ3v) is 5.88. The van der Waals surface area contributed by atoms with Gasteiger partial charge in [0.2, 0.25) is 5.91 Å². The van der Waals surface area contributed by atoms with Crippen molar-refractivity contribution in [3.05, 3.63) is 35.9 Å². The predicted octanol–water partition coefficient (Wildman–Crippen LogP) is 2.31. The van der Waals surface area contributed by atoms with E-state index < -0.39 is 41.8 Å². The van der Waals surface area contributed by atoms with Gasteiger partial charge in [0, 0.05) is 25.7 Å². The minimum Gasteiger partial charge on any atom is -0.469 e. The van der Waals surface area contributed by atoms with Crippen molar-refractivity contribution in [3.63, 3.8) is 0 Å². The standard InChI is InChI=1S/C24H33N3O7/c1-24(2,3)34-23(31)26-12-11-19(17(14-26)21(29)32-4)27-13-10-18(20(27)28)25-22(30)33-15-16-8-6-5-7-9-16/h5-9,17-19H,10-15H2,1-4H3,(H,25,30)/t17?,18-,19?/m0/s1. The Bertz CT molecular complexity index is 900. The van der Waals surface area contributed by atoms with Crippen LogP contribution in [0.25, 0.3) is 0 Å². The molecule has 3 atom stereocenters. The number of hydrogen-bond donors (Lipinski definition) is 1. The lowest BCUT2D eigenvalue weighted by Gasteiger charge is -2.41. The van der Waals surface area contributed by atoms with Crippen molar-refractivity contribution >= 4 is 24.1 Å². The Morgan fingerprint density at radius 3 is 2.44 bits per heavy atom. The highest BCUT2D eigenvalue weighted by Gasteiger charge is 2.46. The predicted molar refractivity (Wildman–Crippen MR) is 122 cm³/mol. The van der Waals surface area contributed by atoms with E-state index in [1.807, 2.05) is 30.3 Å². The van der Waals surface area contributed by atoms with Crippen molar-refractivity contribution in [2.24, 2.45) is 5.92 Å². The molecule has 0 aliphatic carbocycles. The summed E-state index contributed by atoms with van der Waals surface area (Å²) in [4.78, 5) is 53.4. The van der Waals surface area contributed by atoms with Crippen LogP contribution in [0.1, 0.15) is 39.2 Å². The Morgan fingerprint density at radius 1 is 1.09 bits per heavy atom. The molecule has 0 spiro atoms. The molecule has 2 aliphatic heterocycles. The van der Waals surface area contributed by atoms with Gasteiger partial charge in [-0.3, -0.25) is 9.59 Å². The molecule has 2 fully saturated rings.